The lowest BCUT2D eigenvalue weighted by molar-refractivity contribution is 0.0110. The van der Waals surface area contributed by atoms with E-state index in [1.807, 2.05) is 37.8 Å². The number of carbonyl (C=O) groups excluding carboxylic acids is 1. The summed E-state index contributed by atoms with van der Waals surface area (Å²) >= 11 is 6.48. The highest BCUT2D eigenvalue weighted by Gasteiger charge is 2.41. The van der Waals surface area contributed by atoms with Gasteiger partial charge in [0.25, 0.3) is 0 Å². The first-order valence-electron chi connectivity index (χ1n) is 14.4. The fourth-order valence-electron chi connectivity index (χ4n) is 5.36. The predicted octanol–water partition coefficient (Wildman–Crippen LogP) is 5.80. The number of halogens is 1. The zero-order valence-electron chi connectivity index (χ0n) is 24.2. The molecule has 1 atom stereocenters. The minimum Gasteiger partial charge on any atom is -0.444 e. The number of benzene rings is 1. The van der Waals surface area contributed by atoms with E-state index in [4.69, 9.17) is 21.3 Å². The van der Waals surface area contributed by atoms with Crippen LogP contribution in [-0.4, -0.2) is 77.3 Å². The normalized spacial score (nSPS) is 18.0. The Hall–Kier alpha value is -3.43. The molecule has 0 radical (unpaired) electrons. The number of H-pyrrole nitrogens is 1. The second kappa shape index (κ2) is 10.8. The molecule has 4 heterocycles. The zero-order chi connectivity index (χ0) is 28.8. The van der Waals surface area contributed by atoms with E-state index < -0.39 is 5.60 Å². The summed E-state index contributed by atoms with van der Waals surface area (Å²) in [4.78, 5) is 29.5. The predicted molar refractivity (Wildman–Crippen MR) is 160 cm³/mol. The lowest BCUT2D eigenvalue weighted by Gasteiger charge is -2.38. The molecule has 10 heteroatoms. The quantitative estimate of drug-likeness (QED) is 0.280. The van der Waals surface area contributed by atoms with E-state index in [2.05, 4.69) is 63.4 Å². The number of imidazole rings is 1. The van der Waals surface area contributed by atoms with Gasteiger partial charge < -0.3 is 14.6 Å². The van der Waals surface area contributed by atoms with E-state index in [0.717, 1.165) is 66.2 Å². The van der Waals surface area contributed by atoms with Gasteiger partial charge in [-0.05, 0) is 75.9 Å². The summed E-state index contributed by atoms with van der Waals surface area (Å²) in [6.45, 7) is 11.6. The van der Waals surface area contributed by atoms with E-state index in [-0.39, 0.29) is 17.0 Å². The van der Waals surface area contributed by atoms with Crippen molar-refractivity contribution in [1.29, 1.82) is 0 Å². The largest absolute Gasteiger partial charge is 0.444 e. The summed E-state index contributed by atoms with van der Waals surface area (Å²) in [5.74, 6) is 0.883. The average Bonchev–Trinajstić information content (AvgIpc) is 3.30. The molecule has 1 saturated carbocycles. The van der Waals surface area contributed by atoms with Crippen LogP contribution in [0.1, 0.15) is 63.7 Å². The molecule has 1 saturated heterocycles. The minimum absolute atomic E-state index is 0.106. The highest BCUT2D eigenvalue weighted by molar-refractivity contribution is 6.25. The Morgan fingerprint density at radius 1 is 1.12 bits per heavy atom. The van der Waals surface area contributed by atoms with Gasteiger partial charge in [-0.25, -0.2) is 9.78 Å². The van der Waals surface area contributed by atoms with E-state index in [9.17, 15) is 4.79 Å². The number of amides is 1. The molecule has 0 bridgehead atoms. The third kappa shape index (κ3) is 6.57. The van der Waals surface area contributed by atoms with Crippen molar-refractivity contribution in [3.63, 3.8) is 0 Å². The van der Waals surface area contributed by atoms with Gasteiger partial charge in [-0.2, -0.15) is 5.10 Å². The van der Waals surface area contributed by atoms with Gasteiger partial charge >= 0.3 is 6.09 Å². The number of alkyl halides is 1. The molecule has 3 aromatic heterocycles. The molecule has 1 unspecified atom stereocenters. The lowest BCUT2D eigenvalue weighted by Crippen LogP contribution is -2.50. The Kier molecular flexibility index (Phi) is 7.28. The first-order valence-corrected chi connectivity index (χ1v) is 14.8. The highest BCUT2D eigenvalue weighted by Crippen LogP contribution is 2.43. The standard InChI is InChI=1S/C31H38ClN7O2/c1-21(37-11-13-38(14-12-37)29(40)41-30(2,3)4)22-7-10-33-25(15-22)17-28-35-26-6-5-23(16-27(26)36-28)24-18-34-39(19-24)20-31(32)8-9-31/h5-7,10,15-16,18-19,21H,8-9,11-14,17,20H2,1-4H3,(H,35,36). The molecule has 1 amide bonds. The van der Waals surface area contributed by atoms with Crippen LogP contribution < -0.4 is 0 Å². The van der Waals surface area contributed by atoms with E-state index in [1.54, 1.807) is 4.90 Å². The smallest absolute Gasteiger partial charge is 0.410 e. The fourth-order valence-corrected chi connectivity index (χ4v) is 5.58. The fraction of sp³-hybridized carbons (Fsp3) is 0.484. The van der Waals surface area contributed by atoms with E-state index in [1.165, 1.54) is 5.56 Å². The van der Waals surface area contributed by atoms with Gasteiger partial charge in [0.2, 0.25) is 0 Å². The number of nitrogens with zero attached hydrogens (tertiary/aromatic N) is 6. The van der Waals surface area contributed by atoms with Crippen LogP contribution in [-0.2, 0) is 17.7 Å². The molecule has 0 spiro atoms. The molecule has 1 aliphatic carbocycles. The second-order valence-electron chi connectivity index (χ2n) is 12.4. The van der Waals surface area contributed by atoms with Crippen LogP contribution in [0.4, 0.5) is 4.79 Å². The first-order chi connectivity index (χ1) is 19.5. The Labute approximate surface area is 245 Å². The summed E-state index contributed by atoms with van der Waals surface area (Å²) in [5, 5.41) is 4.51. The van der Waals surface area contributed by atoms with Crippen LogP contribution in [0.5, 0.6) is 0 Å². The van der Waals surface area contributed by atoms with Crippen molar-refractivity contribution in [3.05, 3.63) is 66.0 Å². The van der Waals surface area contributed by atoms with Gasteiger partial charge in [0, 0.05) is 62.3 Å². The molecule has 2 fully saturated rings. The van der Waals surface area contributed by atoms with Gasteiger partial charge in [0.1, 0.15) is 11.4 Å². The summed E-state index contributed by atoms with van der Waals surface area (Å²) < 4.78 is 7.49. The first kappa shape index (κ1) is 27.7. The van der Waals surface area contributed by atoms with Gasteiger partial charge in [-0.3, -0.25) is 14.6 Å². The minimum atomic E-state index is -0.481. The molecule has 4 aromatic rings. The molecular weight excluding hydrogens is 538 g/mol. The Morgan fingerprint density at radius 3 is 2.63 bits per heavy atom. The molecule has 1 N–H and O–H groups in total. The maximum absolute atomic E-state index is 12.4. The van der Waals surface area contributed by atoms with Crippen molar-refractivity contribution in [2.24, 2.45) is 0 Å². The van der Waals surface area contributed by atoms with Crippen molar-refractivity contribution < 1.29 is 9.53 Å². The molecule has 2 aliphatic rings. The van der Waals surface area contributed by atoms with Crippen molar-refractivity contribution in [1.82, 2.24) is 34.5 Å². The Morgan fingerprint density at radius 2 is 1.90 bits per heavy atom. The summed E-state index contributed by atoms with van der Waals surface area (Å²) in [5.41, 5.74) is 5.79. The van der Waals surface area contributed by atoms with Crippen LogP contribution in [0.3, 0.4) is 0 Å². The van der Waals surface area contributed by atoms with Crippen molar-refractivity contribution in [2.75, 3.05) is 26.2 Å². The average molecular weight is 576 g/mol. The molecule has 216 valence electrons. The number of aromatic amines is 1. The Bertz CT molecular complexity index is 1540. The van der Waals surface area contributed by atoms with Gasteiger partial charge in [0.05, 0.1) is 28.6 Å². The number of hydrogen-bond acceptors (Lipinski definition) is 6. The number of rotatable bonds is 7. The monoisotopic (exact) mass is 575 g/mol. The zero-order valence-corrected chi connectivity index (χ0v) is 25.0. The molecule has 1 aromatic carbocycles. The number of aromatic nitrogens is 5. The number of pyridine rings is 1. The SMILES string of the molecule is CC(c1ccnc(Cc2nc3ccc(-c4cnn(CC5(Cl)CC5)c4)cc3[nH]2)c1)N1CCN(C(=O)OC(C)(C)C)CC1. The van der Waals surface area contributed by atoms with Crippen molar-refractivity contribution in [3.8, 4) is 11.1 Å². The molecular formula is C31H38ClN7O2. The number of fused-ring (bicyclic) bond motifs is 1. The number of piperazine rings is 1. The molecule has 41 heavy (non-hydrogen) atoms. The topological polar surface area (TPSA) is 92.2 Å². The number of hydrogen-bond donors (Lipinski definition) is 1. The van der Waals surface area contributed by atoms with Crippen molar-refractivity contribution in [2.45, 2.75) is 70.0 Å². The number of carbonyl (C=O) groups is 1. The van der Waals surface area contributed by atoms with E-state index >= 15 is 0 Å². The molecule has 9 nitrogen and oxygen atoms in total. The molecule has 6 rings (SSSR count). The van der Waals surface area contributed by atoms with Gasteiger partial charge in [-0.15, -0.1) is 11.6 Å². The van der Waals surface area contributed by atoms with Gasteiger partial charge in [0.15, 0.2) is 0 Å². The third-order valence-electron chi connectivity index (χ3n) is 7.92. The number of nitrogens with one attached hydrogen (secondary N) is 1. The summed E-state index contributed by atoms with van der Waals surface area (Å²) in [6.07, 6.45) is 8.33. The van der Waals surface area contributed by atoms with Crippen LogP contribution in [0.25, 0.3) is 22.2 Å². The summed E-state index contributed by atoms with van der Waals surface area (Å²) in [6, 6.07) is 10.7. The van der Waals surface area contributed by atoms with Gasteiger partial charge in [-0.1, -0.05) is 6.07 Å². The van der Waals surface area contributed by atoms with Crippen LogP contribution >= 0.6 is 11.6 Å². The number of ether oxygens (including phenoxy) is 1. The van der Waals surface area contributed by atoms with Crippen LogP contribution in [0, 0.1) is 0 Å². The molecule has 1 aliphatic heterocycles. The highest BCUT2D eigenvalue weighted by atomic mass is 35.5. The van der Waals surface area contributed by atoms with E-state index in [0.29, 0.717) is 19.5 Å². The van der Waals surface area contributed by atoms with Crippen LogP contribution in [0.2, 0.25) is 0 Å². The van der Waals surface area contributed by atoms with Crippen LogP contribution in [0.15, 0.2) is 48.9 Å². The lowest BCUT2D eigenvalue weighted by atomic mass is 10.1. The van der Waals surface area contributed by atoms with Crippen molar-refractivity contribution >= 4 is 28.7 Å². The summed E-state index contributed by atoms with van der Waals surface area (Å²) in [7, 11) is 0. The second-order valence-corrected chi connectivity index (χ2v) is 13.2. The maximum atomic E-state index is 12.4. The maximum Gasteiger partial charge on any atom is 0.410 e. The third-order valence-corrected chi connectivity index (χ3v) is 8.42. The Balaban J connectivity index is 1.09.